The molecule has 0 aliphatic rings. The van der Waals surface area contributed by atoms with Crippen LogP contribution in [-0.2, 0) is 11.2 Å². The Morgan fingerprint density at radius 2 is 2.11 bits per heavy atom. The fraction of sp³-hybridized carbons (Fsp3) is 0.533. The number of hydrogen-bond donors (Lipinski definition) is 2. The summed E-state index contributed by atoms with van der Waals surface area (Å²) in [7, 11) is 0. The van der Waals surface area contributed by atoms with Crippen LogP contribution in [0.4, 0.5) is 0 Å². The van der Waals surface area contributed by atoms with Crippen molar-refractivity contribution in [2.45, 2.75) is 46.1 Å². The maximum absolute atomic E-state index is 12.0. The van der Waals surface area contributed by atoms with E-state index in [0.717, 1.165) is 24.0 Å². The van der Waals surface area contributed by atoms with E-state index in [1.54, 1.807) is 0 Å². The molecule has 0 bridgehead atoms. The van der Waals surface area contributed by atoms with Crippen molar-refractivity contribution in [3.05, 3.63) is 34.9 Å². The summed E-state index contributed by atoms with van der Waals surface area (Å²) >= 11 is 0. The molecular weight excluding hydrogens is 224 g/mol. The highest BCUT2D eigenvalue weighted by molar-refractivity contribution is 5.79. The Morgan fingerprint density at radius 1 is 1.39 bits per heavy atom. The van der Waals surface area contributed by atoms with Crippen LogP contribution in [0.25, 0.3) is 0 Å². The zero-order chi connectivity index (χ0) is 13.5. The number of benzene rings is 1. The molecule has 1 aromatic carbocycles. The van der Waals surface area contributed by atoms with Crippen molar-refractivity contribution < 1.29 is 4.79 Å². The zero-order valence-corrected chi connectivity index (χ0v) is 11.6. The summed E-state index contributed by atoms with van der Waals surface area (Å²) in [4.78, 5) is 12.0. The number of aryl methyl sites for hydroxylation is 2. The Bertz CT molecular complexity index is 401. The van der Waals surface area contributed by atoms with Gasteiger partial charge in [0.25, 0.3) is 0 Å². The second-order valence-corrected chi connectivity index (χ2v) is 4.90. The van der Waals surface area contributed by atoms with E-state index in [-0.39, 0.29) is 11.9 Å². The van der Waals surface area contributed by atoms with Gasteiger partial charge in [-0.15, -0.1) is 0 Å². The standard InChI is InChI=1S/C15H24N2O/c1-4-5-14(10-16)17-15(18)9-13-8-11(2)6-7-12(13)3/h6-8,14H,4-5,9-10,16H2,1-3H3,(H,17,18). The van der Waals surface area contributed by atoms with Gasteiger partial charge in [-0.25, -0.2) is 0 Å². The summed E-state index contributed by atoms with van der Waals surface area (Å²) in [5.74, 6) is 0.0626. The molecule has 3 N–H and O–H groups in total. The SMILES string of the molecule is CCCC(CN)NC(=O)Cc1cc(C)ccc1C. The second-order valence-electron chi connectivity index (χ2n) is 4.90. The highest BCUT2D eigenvalue weighted by Gasteiger charge is 2.11. The maximum Gasteiger partial charge on any atom is 0.224 e. The molecule has 1 unspecified atom stereocenters. The molecule has 3 nitrogen and oxygen atoms in total. The predicted molar refractivity (Wildman–Crippen MR) is 75.5 cm³/mol. The highest BCUT2D eigenvalue weighted by atomic mass is 16.1. The van der Waals surface area contributed by atoms with Crippen molar-refractivity contribution >= 4 is 5.91 Å². The van der Waals surface area contributed by atoms with E-state index in [0.29, 0.717) is 13.0 Å². The van der Waals surface area contributed by atoms with E-state index in [1.807, 2.05) is 13.8 Å². The van der Waals surface area contributed by atoms with Crippen molar-refractivity contribution in [2.75, 3.05) is 6.54 Å². The minimum atomic E-state index is 0.0626. The first-order valence-electron chi connectivity index (χ1n) is 6.62. The van der Waals surface area contributed by atoms with Crippen LogP contribution in [0.2, 0.25) is 0 Å². The number of nitrogens with one attached hydrogen (secondary N) is 1. The third kappa shape index (κ3) is 4.49. The smallest absolute Gasteiger partial charge is 0.224 e. The number of carbonyl (C=O) groups is 1. The molecule has 3 heteroatoms. The van der Waals surface area contributed by atoms with Gasteiger partial charge in [-0.3, -0.25) is 4.79 Å². The average Bonchev–Trinajstić information content (AvgIpc) is 2.33. The molecule has 0 heterocycles. The van der Waals surface area contributed by atoms with E-state index in [9.17, 15) is 4.79 Å². The van der Waals surface area contributed by atoms with Crippen LogP contribution in [0, 0.1) is 13.8 Å². The number of carbonyl (C=O) groups excluding carboxylic acids is 1. The molecule has 100 valence electrons. The molecule has 1 amide bonds. The molecule has 0 spiro atoms. The molecule has 0 fully saturated rings. The first kappa shape index (κ1) is 14.7. The normalized spacial score (nSPS) is 12.2. The zero-order valence-electron chi connectivity index (χ0n) is 11.6. The van der Waals surface area contributed by atoms with Gasteiger partial charge < -0.3 is 11.1 Å². The molecule has 1 rings (SSSR count). The number of rotatable bonds is 6. The van der Waals surface area contributed by atoms with Crippen molar-refractivity contribution in [2.24, 2.45) is 5.73 Å². The van der Waals surface area contributed by atoms with Crippen molar-refractivity contribution in [1.82, 2.24) is 5.32 Å². The lowest BCUT2D eigenvalue weighted by Gasteiger charge is -2.16. The third-order valence-electron chi connectivity index (χ3n) is 3.14. The second kappa shape index (κ2) is 7.17. The van der Waals surface area contributed by atoms with Crippen LogP contribution in [0.3, 0.4) is 0 Å². The monoisotopic (exact) mass is 248 g/mol. The number of nitrogens with two attached hydrogens (primary N) is 1. The Morgan fingerprint density at radius 3 is 2.72 bits per heavy atom. The van der Waals surface area contributed by atoms with Crippen LogP contribution in [0.15, 0.2) is 18.2 Å². The van der Waals surface area contributed by atoms with Crippen LogP contribution >= 0.6 is 0 Å². The van der Waals surface area contributed by atoms with Crippen molar-refractivity contribution in [1.29, 1.82) is 0 Å². The molecule has 0 aromatic heterocycles. The lowest BCUT2D eigenvalue weighted by molar-refractivity contribution is -0.121. The minimum Gasteiger partial charge on any atom is -0.352 e. The number of hydrogen-bond acceptors (Lipinski definition) is 2. The van der Waals surface area contributed by atoms with Gasteiger partial charge in [-0.2, -0.15) is 0 Å². The van der Waals surface area contributed by atoms with Gasteiger partial charge in [-0.05, 0) is 31.4 Å². The predicted octanol–water partition coefficient (Wildman–Crippen LogP) is 2.09. The Balaban J connectivity index is 2.61. The summed E-state index contributed by atoms with van der Waals surface area (Å²) in [6, 6.07) is 6.31. The molecule has 1 atom stereocenters. The lowest BCUT2D eigenvalue weighted by atomic mass is 10.0. The third-order valence-corrected chi connectivity index (χ3v) is 3.14. The molecule has 0 radical (unpaired) electrons. The van der Waals surface area contributed by atoms with Gasteiger partial charge in [0.05, 0.1) is 6.42 Å². The molecule has 0 saturated heterocycles. The van der Waals surface area contributed by atoms with Crippen molar-refractivity contribution in [3.63, 3.8) is 0 Å². The van der Waals surface area contributed by atoms with Gasteiger partial charge >= 0.3 is 0 Å². The molecule has 0 aliphatic carbocycles. The summed E-state index contributed by atoms with van der Waals surface area (Å²) in [6.07, 6.45) is 2.41. The van der Waals surface area contributed by atoms with Crippen molar-refractivity contribution in [3.8, 4) is 0 Å². The van der Waals surface area contributed by atoms with Gasteiger partial charge in [-0.1, -0.05) is 37.1 Å². The summed E-state index contributed by atoms with van der Waals surface area (Å²) in [5, 5.41) is 3.00. The van der Waals surface area contributed by atoms with Crippen LogP contribution in [0.1, 0.15) is 36.5 Å². The lowest BCUT2D eigenvalue weighted by Crippen LogP contribution is -2.40. The minimum absolute atomic E-state index is 0.0626. The molecule has 0 saturated carbocycles. The first-order chi connectivity index (χ1) is 8.56. The van der Waals surface area contributed by atoms with Gasteiger partial charge in [0.15, 0.2) is 0 Å². The first-order valence-corrected chi connectivity index (χ1v) is 6.62. The van der Waals surface area contributed by atoms with Gasteiger partial charge in [0.2, 0.25) is 5.91 Å². The fourth-order valence-corrected chi connectivity index (χ4v) is 2.04. The quantitative estimate of drug-likeness (QED) is 0.810. The average molecular weight is 248 g/mol. The largest absolute Gasteiger partial charge is 0.352 e. The Hall–Kier alpha value is -1.35. The molecule has 0 aliphatic heterocycles. The van der Waals surface area contributed by atoms with Crippen LogP contribution in [-0.4, -0.2) is 18.5 Å². The summed E-state index contributed by atoms with van der Waals surface area (Å²) in [6.45, 7) is 6.68. The van der Waals surface area contributed by atoms with E-state index >= 15 is 0 Å². The molecule has 1 aromatic rings. The van der Waals surface area contributed by atoms with Crippen LogP contribution < -0.4 is 11.1 Å². The van der Waals surface area contributed by atoms with Gasteiger partial charge in [0, 0.05) is 12.6 Å². The number of amides is 1. The van der Waals surface area contributed by atoms with Gasteiger partial charge in [0.1, 0.15) is 0 Å². The maximum atomic E-state index is 12.0. The van der Waals surface area contributed by atoms with E-state index < -0.39 is 0 Å². The summed E-state index contributed by atoms with van der Waals surface area (Å²) < 4.78 is 0. The summed E-state index contributed by atoms with van der Waals surface area (Å²) in [5.41, 5.74) is 9.09. The van der Waals surface area contributed by atoms with E-state index in [4.69, 9.17) is 5.73 Å². The van der Waals surface area contributed by atoms with E-state index in [1.165, 1.54) is 5.56 Å². The Kier molecular flexibility index (Phi) is 5.86. The Labute approximate surface area is 110 Å². The molecule has 18 heavy (non-hydrogen) atoms. The fourth-order valence-electron chi connectivity index (χ4n) is 2.04. The molecular formula is C15H24N2O. The highest BCUT2D eigenvalue weighted by Crippen LogP contribution is 2.11. The topological polar surface area (TPSA) is 55.1 Å². The van der Waals surface area contributed by atoms with Crippen LogP contribution in [0.5, 0.6) is 0 Å². The van der Waals surface area contributed by atoms with E-state index in [2.05, 4.69) is 30.4 Å².